The van der Waals surface area contributed by atoms with Crippen molar-refractivity contribution in [2.24, 2.45) is 5.92 Å². The number of benzene rings is 3. The van der Waals surface area contributed by atoms with Crippen LogP contribution in [0.1, 0.15) is 41.5 Å². The summed E-state index contributed by atoms with van der Waals surface area (Å²) >= 11 is 0. The van der Waals surface area contributed by atoms with E-state index in [2.05, 4.69) is 34.1 Å². The van der Waals surface area contributed by atoms with E-state index in [0.717, 1.165) is 60.0 Å². The maximum atomic E-state index is 15.5. The molecule has 1 aliphatic rings. The number of ether oxygens (including phenoxy) is 2. The van der Waals surface area contributed by atoms with Gasteiger partial charge in [-0.1, -0.05) is 30.8 Å². The predicted octanol–water partition coefficient (Wildman–Crippen LogP) is 4.95. The number of rotatable bonds is 11. The van der Waals surface area contributed by atoms with Gasteiger partial charge in [-0.15, -0.1) is 0 Å². The van der Waals surface area contributed by atoms with Crippen LogP contribution in [0.5, 0.6) is 11.5 Å². The van der Waals surface area contributed by atoms with Gasteiger partial charge in [0.1, 0.15) is 25.2 Å². The van der Waals surface area contributed by atoms with Crippen LogP contribution in [0.2, 0.25) is 0 Å². The zero-order valence-electron chi connectivity index (χ0n) is 26.8. The maximum absolute atomic E-state index is 15.5. The minimum absolute atomic E-state index is 0.139. The molecule has 47 heavy (non-hydrogen) atoms. The van der Waals surface area contributed by atoms with E-state index in [1.807, 2.05) is 18.2 Å². The molecule has 1 fully saturated rings. The number of hydrogen-bond acceptors (Lipinski definition) is 6. The van der Waals surface area contributed by atoms with Crippen molar-refractivity contribution in [3.05, 3.63) is 102 Å². The number of carbonyl (C=O) groups is 2. The molecule has 2 amide bonds. The van der Waals surface area contributed by atoms with Gasteiger partial charge in [-0.3, -0.25) is 14.6 Å². The van der Waals surface area contributed by atoms with Gasteiger partial charge in [-0.05, 0) is 109 Å². The molecular weight excluding hydrogens is 594 g/mol. The zero-order chi connectivity index (χ0) is 33.5. The average Bonchev–Trinajstić information content (AvgIpc) is 3.07. The number of fused-ring (bicyclic) bond motifs is 1. The smallest absolute Gasteiger partial charge is 0.313 e. The van der Waals surface area contributed by atoms with Crippen LogP contribution >= 0.6 is 0 Å². The summed E-state index contributed by atoms with van der Waals surface area (Å²) in [6.45, 7) is 10.8. The number of anilines is 1. The van der Waals surface area contributed by atoms with Gasteiger partial charge in [0.15, 0.2) is 0 Å². The molecule has 0 bridgehead atoms. The Labute approximate surface area is 275 Å². The van der Waals surface area contributed by atoms with Crippen LogP contribution in [0.3, 0.4) is 0 Å². The van der Waals surface area contributed by atoms with Crippen molar-refractivity contribution in [3.8, 4) is 11.5 Å². The van der Waals surface area contributed by atoms with Gasteiger partial charge in [0.05, 0.1) is 19.7 Å². The predicted molar refractivity (Wildman–Crippen MR) is 186 cm³/mol. The number of piperidine rings is 1. The second-order valence-electron chi connectivity index (χ2n) is 11.6. The third-order valence-corrected chi connectivity index (χ3v) is 8.51. The average molecular weight is 633 g/mol. The Hall–Kier alpha value is -4.96. The molecule has 1 aromatic heterocycles. The van der Waals surface area contributed by atoms with Crippen molar-refractivity contribution in [2.75, 3.05) is 39.2 Å². The molecule has 1 aliphatic heterocycles. The molecule has 2 radical (unpaired) electrons. The summed E-state index contributed by atoms with van der Waals surface area (Å²) in [5.74, 6) is -0.547. The van der Waals surface area contributed by atoms with Crippen molar-refractivity contribution in [3.63, 3.8) is 0 Å². The first-order valence-corrected chi connectivity index (χ1v) is 15.5. The third-order valence-electron chi connectivity index (χ3n) is 8.51. The van der Waals surface area contributed by atoms with Gasteiger partial charge < -0.3 is 25.4 Å². The summed E-state index contributed by atoms with van der Waals surface area (Å²) in [6.07, 6.45) is 5.23. The lowest BCUT2D eigenvalue weighted by atomic mass is 9.87. The Morgan fingerprint density at radius 1 is 0.957 bits per heavy atom. The van der Waals surface area contributed by atoms with Gasteiger partial charge >= 0.3 is 11.8 Å². The van der Waals surface area contributed by atoms with Crippen LogP contribution in [-0.2, 0) is 16.0 Å². The highest BCUT2D eigenvalue weighted by atomic mass is 19.1. The van der Waals surface area contributed by atoms with Crippen molar-refractivity contribution >= 4 is 52.9 Å². The number of nitrogens with one attached hydrogen (secondary N) is 3. The lowest BCUT2D eigenvalue weighted by Crippen LogP contribution is -2.36. The lowest BCUT2D eigenvalue weighted by molar-refractivity contribution is -0.136. The summed E-state index contributed by atoms with van der Waals surface area (Å²) in [4.78, 5) is 29.5. The largest absolute Gasteiger partial charge is 0.497 e. The number of halogens is 1. The summed E-state index contributed by atoms with van der Waals surface area (Å²) in [5, 5.41) is 9.19. The molecule has 0 saturated carbocycles. The SMILES string of the molecule is [B]c1cc(CCNC(=O)C(=O)Nc2ccc(C(=C)c3ccnc4cc(C(=C)CC5CCNCC5)c(OC)cc34)c(F)c2)ccc1OC. The molecule has 10 heteroatoms. The minimum atomic E-state index is -0.907. The van der Waals surface area contributed by atoms with E-state index in [9.17, 15) is 9.59 Å². The van der Waals surface area contributed by atoms with Crippen molar-refractivity contribution < 1.29 is 23.5 Å². The Morgan fingerprint density at radius 2 is 1.72 bits per heavy atom. The first kappa shape index (κ1) is 33.4. The first-order chi connectivity index (χ1) is 22.7. The highest BCUT2D eigenvalue weighted by Crippen LogP contribution is 2.37. The van der Waals surface area contributed by atoms with Gasteiger partial charge in [0.25, 0.3) is 0 Å². The number of allylic oxidation sites excluding steroid dienone is 1. The molecule has 0 spiro atoms. The molecule has 0 atom stereocenters. The normalized spacial score (nSPS) is 13.2. The fourth-order valence-corrected chi connectivity index (χ4v) is 5.94. The Morgan fingerprint density at radius 3 is 2.43 bits per heavy atom. The molecule has 5 rings (SSSR count). The van der Waals surface area contributed by atoms with E-state index in [0.29, 0.717) is 40.4 Å². The van der Waals surface area contributed by atoms with Crippen molar-refractivity contribution in [2.45, 2.75) is 25.7 Å². The van der Waals surface area contributed by atoms with Crippen molar-refractivity contribution in [1.29, 1.82) is 0 Å². The topological polar surface area (TPSA) is 102 Å². The second kappa shape index (κ2) is 15.1. The van der Waals surface area contributed by atoms with E-state index in [4.69, 9.17) is 17.3 Å². The zero-order valence-corrected chi connectivity index (χ0v) is 26.8. The van der Waals surface area contributed by atoms with E-state index < -0.39 is 17.6 Å². The molecule has 2 heterocycles. The number of nitrogens with zero attached hydrogens (tertiary/aromatic N) is 1. The van der Waals surface area contributed by atoms with Crippen LogP contribution in [-0.4, -0.2) is 58.5 Å². The summed E-state index contributed by atoms with van der Waals surface area (Å²) < 4.78 is 26.4. The molecule has 8 nitrogen and oxygen atoms in total. The van der Waals surface area contributed by atoms with E-state index >= 15 is 4.39 Å². The monoisotopic (exact) mass is 632 g/mol. The first-order valence-electron chi connectivity index (χ1n) is 15.5. The molecule has 4 aromatic rings. The molecule has 240 valence electrons. The third kappa shape index (κ3) is 7.89. The Kier molecular flexibility index (Phi) is 10.7. The second-order valence-corrected chi connectivity index (χ2v) is 11.6. The number of carbonyl (C=O) groups excluding carboxylic acids is 2. The fraction of sp³-hybridized carbons (Fsp3) is 0.270. The number of pyridine rings is 1. The van der Waals surface area contributed by atoms with Gasteiger partial charge in [0, 0.05) is 34.9 Å². The van der Waals surface area contributed by atoms with E-state index in [-0.39, 0.29) is 17.8 Å². The Bertz CT molecular complexity index is 1840. The van der Waals surface area contributed by atoms with Gasteiger partial charge in [-0.2, -0.15) is 0 Å². The summed E-state index contributed by atoms with van der Waals surface area (Å²) in [6, 6.07) is 15.2. The Balaban J connectivity index is 1.26. The van der Waals surface area contributed by atoms with E-state index in [1.54, 1.807) is 31.5 Å². The highest BCUT2D eigenvalue weighted by Gasteiger charge is 2.20. The van der Waals surface area contributed by atoms with Crippen LogP contribution in [0.15, 0.2) is 74.0 Å². The number of hydrogen-bond donors (Lipinski definition) is 3. The number of aromatic nitrogens is 1. The van der Waals surface area contributed by atoms with Crippen LogP contribution in [0, 0.1) is 11.7 Å². The molecule has 0 unspecified atom stereocenters. The molecule has 3 N–H and O–H groups in total. The van der Waals surface area contributed by atoms with Crippen LogP contribution in [0.4, 0.5) is 10.1 Å². The quantitative estimate of drug-likeness (QED) is 0.160. The number of methoxy groups -OCH3 is 2. The molecule has 1 saturated heterocycles. The van der Waals surface area contributed by atoms with Crippen LogP contribution < -0.4 is 30.9 Å². The molecular formula is C37H38BFN4O4. The maximum Gasteiger partial charge on any atom is 0.313 e. The molecule has 0 aliphatic carbocycles. The van der Waals surface area contributed by atoms with E-state index in [1.165, 1.54) is 25.3 Å². The molecule has 3 aromatic carbocycles. The van der Waals surface area contributed by atoms with Crippen molar-refractivity contribution in [1.82, 2.24) is 15.6 Å². The lowest BCUT2D eigenvalue weighted by Gasteiger charge is -2.24. The minimum Gasteiger partial charge on any atom is -0.497 e. The fourth-order valence-electron chi connectivity index (χ4n) is 5.94. The number of amides is 2. The van der Waals surface area contributed by atoms with Gasteiger partial charge in [0.2, 0.25) is 0 Å². The summed E-state index contributed by atoms with van der Waals surface area (Å²) in [7, 11) is 9.08. The highest BCUT2D eigenvalue weighted by molar-refractivity contribution is 6.39. The van der Waals surface area contributed by atoms with Gasteiger partial charge in [-0.25, -0.2) is 4.39 Å². The standard InChI is InChI=1S/C37H38BFN4O4/c1-22(17-25-9-13-40-14-10-25)29-20-33-30(21-35(29)47-4)27(12-16-41-33)23(2)28-7-6-26(19-32(28)39)43-37(45)36(44)42-15-11-24-5-8-34(46-3)31(38)18-24/h5-8,12,16,18-21,25,40H,1-2,9-11,13-15,17H2,3-4H3,(H,42,44)(H,43,45). The summed E-state index contributed by atoms with van der Waals surface area (Å²) in [5.41, 5.74) is 5.51. The van der Waals surface area contributed by atoms with Crippen LogP contribution in [0.25, 0.3) is 22.0 Å².